The summed E-state index contributed by atoms with van der Waals surface area (Å²) in [6, 6.07) is 4.95. The van der Waals surface area contributed by atoms with Gasteiger partial charge < -0.3 is 14.4 Å². The van der Waals surface area contributed by atoms with Gasteiger partial charge in [-0.2, -0.15) is 13.2 Å². The van der Waals surface area contributed by atoms with E-state index in [-0.39, 0.29) is 6.61 Å². The van der Waals surface area contributed by atoms with Gasteiger partial charge in [0.1, 0.15) is 0 Å². The molecule has 1 heterocycles. The van der Waals surface area contributed by atoms with Crippen LogP contribution in [0.15, 0.2) is 29.7 Å². The number of alkyl halides is 3. The Hall–Kier alpha value is -1.64. The summed E-state index contributed by atoms with van der Waals surface area (Å²) in [5, 5.41) is 9.61. The van der Waals surface area contributed by atoms with Gasteiger partial charge in [-0.05, 0) is 38.7 Å². The molecule has 136 valence electrons. The van der Waals surface area contributed by atoms with Crippen molar-refractivity contribution in [3.05, 3.63) is 40.9 Å². The Bertz CT molecular complexity index is 662. The number of aliphatic hydroxyl groups is 1. The summed E-state index contributed by atoms with van der Waals surface area (Å²) >= 11 is 0. The highest BCUT2D eigenvalue weighted by Crippen LogP contribution is 2.38. The largest absolute Gasteiger partial charge is 0.492 e. The first-order chi connectivity index (χ1) is 11.4. The number of hydrogen-bond donors (Lipinski definition) is 1. The fourth-order valence-corrected chi connectivity index (χ4v) is 2.29. The number of aliphatic hydroxyl groups excluding tert-OH is 1. The quantitative estimate of drug-likeness (QED) is 0.663. The lowest BCUT2D eigenvalue weighted by molar-refractivity contribution is -0.0885. The van der Waals surface area contributed by atoms with E-state index in [0.29, 0.717) is 11.0 Å². The third kappa shape index (κ3) is 4.13. The van der Waals surface area contributed by atoms with Crippen molar-refractivity contribution in [1.82, 2.24) is 0 Å². The summed E-state index contributed by atoms with van der Waals surface area (Å²) in [4.78, 5) is 11.2. The van der Waals surface area contributed by atoms with Crippen molar-refractivity contribution >= 4 is 19.0 Å². The van der Waals surface area contributed by atoms with Crippen molar-refractivity contribution < 1.29 is 32.4 Å². The molecule has 25 heavy (non-hydrogen) atoms. The van der Waals surface area contributed by atoms with Gasteiger partial charge in [0, 0.05) is 5.56 Å². The molecule has 4 nitrogen and oxygen atoms in total. The topological polar surface area (TPSA) is 55.8 Å². The third-order valence-electron chi connectivity index (χ3n) is 4.52. The van der Waals surface area contributed by atoms with Crippen molar-refractivity contribution in [3.63, 3.8) is 0 Å². The van der Waals surface area contributed by atoms with Crippen LogP contribution in [-0.2, 0) is 9.31 Å². The SMILES string of the molecule is CC1(C)OB(C(=Cc2ccc(C(=O)C(F)(F)F)cc2)CO)OC1(C)C. The monoisotopic (exact) mass is 356 g/mol. The summed E-state index contributed by atoms with van der Waals surface area (Å²) in [6.07, 6.45) is -3.33. The van der Waals surface area contributed by atoms with Crippen molar-refractivity contribution in [2.75, 3.05) is 6.61 Å². The maximum atomic E-state index is 12.4. The van der Waals surface area contributed by atoms with E-state index in [0.717, 1.165) is 12.1 Å². The van der Waals surface area contributed by atoms with Crippen LogP contribution in [0.25, 0.3) is 6.08 Å². The van der Waals surface area contributed by atoms with E-state index in [1.807, 2.05) is 27.7 Å². The number of hydrogen-bond acceptors (Lipinski definition) is 4. The summed E-state index contributed by atoms with van der Waals surface area (Å²) in [6.45, 7) is 7.16. The second-order valence-corrected chi connectivity index (χ2v) is 6.91. The molecule has 0 unspecified atom stereocenters. The van der Waals surface area contributed by atoms with E-state index in [1.165, 1.54) is 12.1 Å². The van der Waals surface area contributed by atoms with Crippen LogP contribution < -0.4 is 0 Å². The Morgan fingerprint density at radius 1 is 1.12 bits per heavy atom. The summed E-state index contributed by atoms with van der Waals surface area (Å²) < 4.78 is 49.0. The lowest BCUT2D eigenvalue weighted by atomic mass is 9.77. The fourth-order valence-electron chi connectivity index (χ4n) is 2.29. The van der Waals surface area contributed by atoms with Crippen molar-refractivity contribution in [2.45, 2.75) is 45.1 Å². The Morgan fingerprint density at radius 3 is 2.00 bits per heavy atom. The summed E-state index contributed by atoms with van der Waals surface area (Å²) in [5.74, 6) is -1.89. The minimum absolute atomic E-state index is 0.333. The average molecular weight is 356 g/mol. The van der Waals surface area contributed by atoms with Gasteiger partial charge >= 0.3 is 13.3 Å². The molecule has 2 rings (SSSR count). The molecule has 0 bridgehead atoms. The molecular formula is C17H20BF3O4. The van der Waals surface area contributed by atoms with Gasteiger partial charge in [0.15, 0.2) is 0 Å². The zero-order valence-electron chi connectivity index (χ0n) is 14.5. The molecule has 1 aliphatic rings. The molecule has 0 saturated carbocycles. The minimum Gasteiger partial charge on any atom is -0.400 e. The molecule has 1 fully saturated rings. The normalized spacial score (nSPS) is 20.0. The highest BCUT2D eigenvalue weighted by Gasteiger charge is 2.52. The maximum absolute atomic E-state index is 12.4. The van der Waals surface area contributed by atoms with Gasteiger partial charge in [-0.3, -0.25) is 4.79 Å². The standard InChI is InChI=1S/C17H20BF3O4/c1-15(2)16(3,4)25-18(24-15)13(10-22)9-11-5-7-12(8-6-11)14(23)17(19,20)21/h5-9,22H,10H2,1-4H3. The highest BCUT2D eigenvalue weighted by atomic mass is 19.4. The first-order valence-corrected chi connectivity index (χ1v) is 7.76. The summed E-state index contributed by atoms with van der Waals surface area (Å²) in [7, 11) is -0.758. The number of carbonyl (C=O) groups is 1. The predicted molar refractivity (Wildman–Crippen MR) is 88.0 cm³/mol. The first kappa shape index (κ1) is 19.7. The lowest BCUT2D eigenvalue weighted by Crippen LogP contribution is -2.41. The van der Waals surface area contributed by atoms with Gasteiger partial charge in [0.05, 0.1) is 17.8 Å². The zero-order chi connectivity index (χ0) is 19.0. The number of Topliss-reactive ketones (excluding diaryl/α,β-unsaturated/α-hetero) is 1. The van der Waals surface area contributed by atoms with E-state index in [9.17, 15) is 23.1 Å². The molecule has 1 saturated heterocycles. The smallest absolute Gasteiger partial charge is 0.400 e. The number of halogens is 3. The van der Waals surface area contributed by atoms with Gasteiger partial charge in [-0.15, -0.1) is 0 Å². The van der Waals surface area contributed by atoms with Crippen molar-refractivity contribution in [1.29, 1.82) is 0 Å². The number of ketones is 1. The second-order valence-electron chi connectivity index (χ2n) is 6.91. The highest BCUT2D eigenvalue weighted by molar-refractivity contribution is 6.55. The number of rotatable bonds is 4. The van der Waals surface area contributed by atoms with Gasteiger partial charge in [-0.1, -0.05) is 30.3 Å². The minimum atomic E-state index is -4.91. The Kier molecular flexibility index (Phi) is 5.19. The summed E-state index contributed by atoms with van der Waals surface area (Å²) in [5.41, 5.74) is -0.624. The van der Waals surface area contributed by atoms with Crippen LogP contribution in [-0.4, -0.2) is 42.0 Å². The Balaban J connectivity index is 2.22. The molecule has 1 N–H and O–H groups in total. The molecule has 0 spiro atoms. The lowest BCUT2D eigenvalue weighted by Gasteiger charge is -2.32. The molecule has 0 amide bonds. The van der Waals surface area contributed by atoms with Gasteiger partial charge in [-0.25, -0.2) is 0 Å². The Morgan fingerprint density at radius 2 is 1.60 bits per heavy atom. The fraction of sp³-hybridized carbons (Fsp3) is 0.471. The van der Waals surface area contributed by atoms with Gasteiger partial charge in [0.2, 0.25) is 0 Å². The second kappa shape index (κ2) is 6.59. The van der Waals surface area contributed by atoms with E-state index < -0.39 is 35.8 Å². The van der Waals surface area contributed by atoms with E-state index in [2.05, 4.69) is 0 Å². The van der Waals surface area contributed by atoms with Gasteiger partial charge in [0.25, 0.3) is 5.78 Å². The number of benzene rings is 1. The molecular weight excluding hydrogens is 336 g/mol. The molecule has 0 aliphatic carbocycles. The van der Waals surface area contributed by atoms with Crippen LogP contribution in [0.4, 0.5) is 13.2 Å². The molecule has 0 radical (unpaired) electrons. The van der Waals surface area contributed by atoms with Crippen LogP contribution in [0, 0.1) is 0 Å². The van der Waals surface area contributed by atoms with E-state index in [1.54, 1.807) is 6.08 Å². The maximum Gasteiger partial charge on any atom is 0.492 e. The van der Waals surface area contributed by atoms with Crippen LogP contribution >= 0.6 is 0 Å². The van der Waals surface area contributed by atoms with Crippen molar-refractivity contribution in [3.8, 4) is 0 Å². The predicted octanol–water partition coefficient (Wildman–Crippen LogP) is 3.44. The molecule has 8 heteroatoms. The van der Waals surface area contributed by atoms with E-state index in [4.69, 9.17) is 9.31 Å². The molecule has 1 aromatic carbocycles. The Labute approximate surface area is 144 Å². The third-order valence-corrected chi connectivity index (χ3v) is 4.52. The molecule has 0 aromatic heterocycles. The van der Waals surface area contributed by atoms with E-state index >= 15 is 0 Å². The first-order valence-electron chi connectivity index (χ1n) is 7.76. The molecule has 0 atom stereocenters. The molecule has 1 aromatic rings. The average Bonchev–Trinajstić information content (AvgIpc) is 2.72. The molecule has 1 aliphatic heterocycles. The van der Waals surface area contributed by atoms with Crippen LogP contribution in [0.2, 0.25) is 0 Å². The van der Waals surface area contributed by atoms with Crippen molar-refractivity contribution in [2.24, 2.45) is 0 Å². The number of carbonyl (C=O) groups excluding carboxylic acids is 1. The van der Waals surface area contributed by atoms with Crippen LogP contribution in [0.1, 0.15) is 43.6 Å². The zero-order valence-corrected chi connectivity index (χ0v) is 14.5. The van der Waals surface area contributed by atoms with Crippen LogP contribution in [0.3, 0.4) is 0 Å². The van der Waals surface area contributed by atoms with Crippen LogP contribution in [0.5, 0.6) is 0 Å².